The maximum Gasteiger partial charge on any atom is 0.215 e. The van der Waals surface area contributed by atoms with Gasteiger partial charge in [0.05, 0.1) is 11.4 Å². The van der Waals surface area contributed by atoms with Crippen LogP contribution in [0.3, 0.4) is 0 Å². The molecular formula is C20H27N3O2S. The fraction of sp³-hybridized carbons (Fsp3) is 0.450. The van der Waals surface area contributed by atoms with Crippen molar-refractivity contribution in [3.63, 3.8) is 0 Å². The van der Waals surface area contributed by atoms with Gasteiger partial charge >= 0.3 is 0 Å². The Bertz CT molecular complexity index is 809. The Kier molecular flexibility index (Phi) is 6.40. The van der Waals surface area contributed by atoms with Crippen LogP contribution in [0, 0.1) is 12.8 Å². The molecule has 26 heavy (non-hydrogen) atoms. The third kappa shape index (κ3) is 5.90. The Hall–Kier alpha value is -1.76. The summed E-state index contributed by atoms with van der Waals surface area (Å²) in [4.78, 5) is 6.95. The van der Waals surface area contributed by atoms with Gasteiger partial charge in [-0.3, -0.25) is 9.88 Å². The normalized spacial score (nSPS) is 18.7. The zero-order chi connectivity index (χ0) is 18.4. The van der Waals surface area contributed by atoms with Crippen LogP contribution in [0.25, 0.3) is 0 Å². The molecule has 140 valence electrons. The number of hydrogen-bond acceptors (Lipinski definition) is 4. The van der Waals surface area contributed by atoms with Crippen molar-refractivity contribution in [3.05, 3.63) is 65.5 Å². The summed E-state index contributed by atoms with van der Waals surface area (Å²) < 4.78 is 27.4. The molecule has 1 atom stereocenters. The standard InChI is InChI=1S/C20H27N3O2S/c1-17-7-5-11-20(22-17)15-23-12-6-10-19(14-23)13-21-26(24,25)16-18-8-3-2-4-9-18/h2-5,7-9,11,19,21H,6,10,12-16H2,1H3. The van der Waals surface area contributed by atoms with E-state index in [1.807, 2.05) is 49.4 Å². The van der Waals surface area contributed by atoms with E-state index >= 15 is 0 Å². The number of benzene rings is 1. The fourth-order valence-electron chi connectivity index (χ4n) is 3.47. The van der Waals surface area contributed by atoms with Gasteiger partial charge in [0.25, 0.3) is 0 Å². The number of pyridine rings is 1. The van der Waals surface area contributed by atoms with Gasteiger partial charge in [-0.25, -0.2) is 13.1 Å². The largest absolute Gasteiger partial charge is 0.297 e. The Morgan fingerprint density at radius 3 is 2.73 bits per heavy atom. The molecule has 0 radical (unpaired) electrons. The number of nitrogens with one attached hydrogen (secondary N) is 1. The van der Waals surface area contributed by atoms with Gasteiger partial charge < -0.3 is 0 Å². The molecule has 1 unspecified atom stereocenters. The zero-order valence-corrected chi connectivity index (χ0v) is 16.1. The molecule has 1 N–H and O–H groups in total. The average molecular weight is 374 g/mol. The molecule has 1 aromatic heterocycles. The lowest BCUT2D eigenvalue weighted by Gasteiger charge is -2.32. The van der Waals surface area contributed by atoms with Gasteiger partial charge in [-0.2, -0.15) is 0 Å². The average Bonchev–Trinajstić information content (AvgIpc) is 2.61. The topological polar surface area (TPSA) is 62.3 Å². The highest BCUT2D eigenvalue weighted by atomic mass is 32.2. The van der Waals surface area contributed by atoms with Gasteiger partial charge in [0.1, 0.15) is 0 Å². The molecule has 1 aromatic carbocycles. The molecule has 0 aliphatic carbocycles. The third-order valence-corrected chi connectivity index (χ3v) is 6.05. The second-order valence-corrected chi connectivity index (χ2v) is 8.91. The molecule has 0 amide bonds. The predicted octanol–water partition coefficient (Wildman–Crippen LogP) is 2.72. The summed E-state index contributed by atoms with van der Waals surface area (Å²) in [7, 11) is -3.30. The van der Waals surface area contributed by atoms with E-state index in [1.165, 1.54) is 0 Å². The Morgan fingerprint density at radius 1 is 1.15 bits per heavy atom. The van der Waals surface area contributed by atoms with Crippen molar-refractivity contribution in [1.82, 2.24) is 14.6 Å². The Labute approximate surface area is 156 Å². The van der Waals surface area contributed by atoms with Crippen LogP contribution in [-0.2, 0) is 22.3 Å². The zero-order valence-electron chi connectivity index (χ0n) is 15.3. The second-order valence-electron chi connectivity index (χ2n) is 7.11. The van der Waals surface area contributed by atoms with Crippen molar-refractivity contribution >= 4 is 10.0 Å². The number of piperidine rings is 1. The monoisotopic (exact) mass is 373 g/mol. The highest BCUT2D eigenvalue weighted by Gasteiger charge is 2.22. The van der Waals surface area contributed by atoms with E-state index in [2.05, 4.69) is 20.7 Å². The molecule has 1 saturated heterocycles. The van der Waals surface area contributed by atoms with Crippen LogP contribution in [0.5, 0.6) is 0 Å². The predicted molar refractivity (Wildman–Crippen MR) is 104 cm³/mol. The first-order valence-electron chi connectivity index (χ1n) is 9.16. The van der Waals surface area contributed by atoms with E-state index in [0.29, 0.717) is 12.5 Å². The molecular weight excluding hydrogens is 346 g/mol. The van der Waals surface area contributed by atoms with E-state index in [-0.39, 0.29) is 5.75 Å². The smallest absolute Gasteiger partial charge is 0.215 e. The fourth-order valence-corrected chi connectivity index (χ4v) is 4.69. The highest BCUT2D eigenvalue weighted by Crippen LogP contribution is 2.18. The summed E-state index contributed by atoms with van der Waals surface area (Å²) in [6.45, 7) is 5.29. The van der Waals surface area contributed by atoms with Crippen molar-refractivity contribution in [1.29, 1.82) is 0 Å². The summed E-state index contributed by atoms with van der Waals surface area (Å²) in [6, 6.07) is 15.4. The number of likely N-dealkylation sites (tertiary alicyclic amines) is 1. The first kappa shape index (κ1) is 19.0. The molecule has 5 nitrogen and oxygen atoms in total. The van der Waals surface area contributed by atoms with Crippen LogP contribution < -0.4 is 4.72 Å². The van der Waals surface area contributed by atoms with Crippen molar-refractivity contribution < 1.29 is 8.42 Å². The summed E-state index contributed by atoms with van der Waals surface area (Å²) in [5.74, 6) is 0.386. The van der Waals surface area contributed by atoms with Crippen LogP contribution in [0.1, 0.15) is 29.8 Å². The molecule has 3 rings (SSSR count). The molecule has 1 aliphatic heterocycles. The maximum absolute atomic E-state index is 12.3. The van der Waals surface area contributed by atoms with Crippen molar-refractivity contribution in [2.75, 3.05) is 19.6 Å². The Morgan fingerprint density at radius 2 is 1.96 bits per heavy atom. The van der Waals surface area contributed by atoms with Crippen LogP contribution in [-0.4, -0.2) is 37.9 Å². The van der Waals surface area contributed by atoms with Crippen molar-refractivity contribution in [2.24, 2.45) is 5.92 Å². The first-order valence-corrected chi connectivity index (χ1v) is 10.8. The molecule has 0 bridgehead atoms. The summed E-state index contributed by atoms with van der Waals surface area (Å²) in [6.07, 6.45) is 2.16. The molecule has 6 heteroatoms. The molecule has 2 heterocycles. The third-order valence-electron chi connectivity index (χ3n) is 4.73. The number of aromatic nitrogens is 1. The lowest BCUT2D eigenvalue weighted by atomic mass is 9.98. The van der Waals surface area contributed by atoms with E-state index < -0.39 is 10.0 Å². The van der Waals surface area contributed by atoms with Crippen LogP contribution in [0.15, 0.2) is 48.5 Å². The highest BCUT2D eigenvalue weighted by molar-refractivity contribution is 7.88. The number of sulfonamides is 1. The van der Waals surface area contributed by atoms with E-state index in [1.54, 1.807) is 0 Å². The quantitative estimate of drug-likeness (QED) is 0.811. The number of rotatable bonds is 7. The number of nitrogens with zero attached hydrogens (tertiary/aromatic N) is 2. The minimum atomic E-state index is -3.30. The molecule has 0 saturated carbocycles. The molecule has 2 aromatic rings. The molecule has 1 aliphatic rings. The lowest BCUT2D eigenvalue weighted by Crippen LogP contribution is -2.40. The van der Waals surface area contributed by atoms with Gasteiger partial charge in [0, 0.05) is 25.3 Å². The minimum absolute atomic E-state index is 0.0392. The van der Waals surface area contributed by atoms with Crippen molar-refractivity contribution in [2.45, 2.75) is 32.1 Å². The van der Waals surface area contributed by atoms with Gasteiger partial charge in [-0.15, -0.1) is 0 Å². The summed E-state index contributed by atoms with van der Waals surface area (Å²) in [5, 5.41) is 0. The summed E-state index contributed by atoms with van der Waals surface area (Å²) in [5.41, 5.74) is 2.93. The first-order chi connectivity index (χ1) is 12.5. The minimum Gasteiger partial charge on any atom is -0.297 e. The molecule has 0 spiro atoms. The second kappa shape index (κ2) is 8.75. The van der Waals surface area contributed by atoms with Crippen LogP contribution >= 0.6 is 0 Å². The molecule has 1 fully saturated rings. The Balaban J connectivity index is 1.50. The van der Waals surface area contributed by atoms with Crippen LogP contribution in [0.2, 0.25) is 0 Å². The van der Waals surface area contributed by atoms with E-state index in [0.717, 1.165) is 49.4 Å². The lowest BCUT2D eigenvalue weighted by molar-refractivity contribution is 0.167. The number of hydrogen-bond donors (Lipinski definition) is 1. The number of aryl methyl sites for hydroxylation is 1. The van der Waals surface area contributed by atoms with E-state index in [4.69, 9.17) is 0 Å². The van der Waals surface area contributed by atoms with Gasteiger partial charge in [-0.1, -0.05) is 36.4 Å². The van der Waals surface area contributed by atoms with Crippen molar-refractivity contribution in [3.8, 4) is 0 Å². The van der Waals surface area contributed by atoms with E-state index in [9.17, 15) is 8.42 Å². The van der Waals surface area contributed by atoms with Gasteiger partial charge in [0.2, 0.25) is 10.0 Å². The maximum atomic E-state index is 12.3. The van der Waals surface area contributed by atoms with Gasteiger partial charge in [-0.05, 0) is 49.9 Å². The van der Waals surface area contributed by atoms with Crippen LogP contribution in [0.4, 0.5) is 0 Å². The van der Waals surface area contributed by atoms with Gasteiger partial charge in [0.15, 0.2) is 0 Å². The summed E-state index contributed by atoms with van der Waals surface area (Å²) >= 11 is 0. The SMILES string of the molecule is Cc1cccc(CN2CCCC(CNS(=O)(=O)Cc3ccccc3)C2)n1.